The van der Waals surface area contributed by atoms with Crippen molar-refractivity contribution in [3.05, 3.63) is 9.47 Å². The molecule has 1 rings (SSSR count). The van der Waals surface area contributed by atoms with E-state index in [0.29, 0.717) is 16.0 Å². The van der Waals surface area contributed by atoms with Crippen molar-refractivity contribution in [2.45, 2.75) is 19.6 Å². The summed E-state index contributed by atoms with van der Waals surface area (Å²) in [5.41, 5.74) is 0. The average Bonchev–Trinajstić information content (AvgIpc) is 2.09. The van der Waals surface area contributed by atoms with Crippen LogP contribution in [0, 0.1) is 0 Å². The maximum atomic E-state index is 9.01. The van der Waals surface area contributed by atoms with Gasteiger partial charge in [-0.15, -0.1) is 5.10 Å². The second kappa shape index (κ2) is 3.64. The van der Waals surface area contributed by atoms with E-state index < -0.39 is 6.10 Å². The standard InChI is InChI=1S/C5H7Br2N3O/c1-3(11)2-10-5(7)8-4(6)9-10/h3,11H,2H2,1H3. The summed E-state index contributed by atoms with van der Waals surface area (Å²) in [7, 11) is 0. The molecule has 1 aromatic rings. The molecule has 62 valence electrons. The van der Waals surface area contributed by atoms with E-state index in [1.165, 1.54) is 0 Å². The molecule has 1 N–H and O–H groups in total. The minimum absolute atomic E-state index is 0.417. The average molecular weight is 285 g/mol. The van der Waals surface area contributed by atoms with E-state index in [2.05, 4.69) is 41.9 Å². The first-order valence-electron chi connectivity index (χ1n) is 3.03. The molecule has 6 heteroatoms. The number of halogens is 2. The summed E-state index contributed by atoms with van der Waals surface area (Å²) < 4.78 is 2.71. The molecule has 1 heterocycles. The number of rotatable bonds is 2. The zero-order valence-electron chi connectivity index (χ0n) is 5.83. The second-order valence-corrected chi connectivity index (χ2v) is 3.60. The Bertz CT molecular complexity index is 248. The van der Waals surface area contributed by atoms with E-state index >= 15 is 0 Å². The van der Waals surface area contributed by atoms with Crippen molar-refractivity contribution in [3.63, 3.8) is 0 Å². The summed E-state index contributed by atoms with van der Waals surface area (Å²) in [6.45, 7) is 2.14. The lowest BCUT2D eigenvalue weighted by Gasteiger charge is -2.03. The zero-order valence-corrected chi connectivity index (χ0v) is 9.00. The molecule has 0 aromatic carbocycles. The highest BCUT2D eigenvalue weighted by atomic mass is 79.9. The smallest absolute Gasteiger partial charge is 0.218 e. The molecule has 11 heavy (non-hydrogen) atoms. The summed E-state index contributed by atoms with van der Waals surface area (Å²) >= 11 is 6.31. The Morgan fingerprint density at radius 3 is 2.64 bits per heavy atom. The molecular formula is C5H7Br2N3O. The lowest BCUT2D eigenvalue weighted by molar-refractivity contribution is 0.167. The molecule has 0 aliphatic carbocycles. The van der Waals surface area contributed by atoms with Crippen LogP contribution in [0.3, 0.4) is 0 Å². The van der Waals surface area contributed by atoms with Crippen LogP contribution in [0.4, 0.5) is 0 Å². The number of aromatic nitrogens is 3. The molecule has 0 saturated heterocycles. The van der Waals surface area contributed by atoms with Crippen molar-refractivity contribution in [1.29, 1.82) is 0 Å². The van der Waals surface area contributed by atoms with Gasteiger partial charge in [-0.25, -0.2) is 4.68 Å². The van der Waals surface area contributed by atoms with E-state index in [-0.39, 0.29) is 0 Å². The number of aliphatic hydroxyl groups excluding tert-OH is 1. The molecule has 1 aromatic heterocycles. The van der Waals surface area contributed by atoms with Crippen LogP contribution in [0.25, 0.3) is 0 Å². The van der Waals surface area contributed by atoms with Crippen LogP contribution in [0.15, 0.2) is 9.47 Å². The lowest BCUT2D eigenvalue weighted by Crippen LogP contribution is -2.13. The molecule has 0 spiro atoms. The van der Waals surface area contributed by atoms with Gasteiger partial charge in [0.15, 0.2) is 4.73 Å². The van der Waals surface area contributed by atoms with Crippen molar-refractivity contribution in [1.82, 2.24) is 14.8 Å². The molecular weight excluding hydrogens is 278 g/mol. The van der Waals surface area contributed by atoms with E-state index in [9.17, 15) is 0 Å². The van der Waals surface area contributed by atoms with Gasteiger partial charge in [0.1, 0.15) is 0 Å². The van der Waals surface area contributed by atoms with Gasteiger partial charge in [-0.2, -0.15) is 4.98 Å². The summed E-state index contributed by atoms with van der Waals surface area (Å²) in [6, 6.07) is 0. The van der Waals surface area contributed by atoms with Gasteiger partial charge in [0.2, 0.25) is 4.73 Å². The predicted octanol–water partition coefficient (Wildman–Crippen LogP) is 1.18. The van der Waals surface area contributed by atoms with Crippen LogP contribution in [-0.4, -0.2) is 26.0 Å². The Labute approximate surface area is 80.9 Å². The van der Waals surface area contributed by atoms with Crippen LogP contribution in [0.2, 0.25) is 0 Å². The SMILES string of the molecule is CC(O)Cn1nc(Br)nc1Br. The van der Waals surface area contributed by atoms with Gasteiger partial charge in [0.05, 0.1) is 12.6 Å². The fourth-order valence-corrected chi connectivity index (χ4v) is 1.65. The Hall–Kier alpha value is 0.0600. The van der Waals surface area contributed by atoms with Gasteiger partial charge in [-0.1, -0.05) is 0 Å². The summed E-state index contributed by atoms with van der Waals surface area (Å²) in [5, 5.41) is 13.0. The second-order valence-electron chi connectivity index (χ2n) is 2.18. The Morgan fingerprint density at radius 1 is 1.64 bits per heavy atom. The van der Waals surface area contributed by atoms with Crippen molar-refractivity contribution >= 4 is 31.9 Å². The van der Waals surface area contributed by atoms with Crippen LogP contribution >= 0.6 is 31.9 Å². The zero-order chi connectivity index (χ0) is 8.43. The van der Waals surface area contributed by atoms with Crippen LogP contribution in [-0.2, 0) is 6.54 Å². The molecule has 0 fully saturated rings. The van der Waals surface area contributed by atoms with Gasteiger partial charge in [0.25, 0.3) is 0 Å². The van der Waals surface area contributed by atoms with Crippen molar-refractivity contribution in [2.75, 3.05) is 0 Å². The minimum Gasteiger partial charge on any atom is -0.391 e. The van der Waals surface area contributed by atoms with Gasteiger partial charge in [0, 0.05) is 0 Å². The van der Waals surface area contributed by atoms with Crippen molar-refractivity contribution in [3.8, 4) is 0 Å². The molecule has 0 aliphatic rings. The highest BCUT2D eigenvalue weighted by molar-refractivity contribution is 9.11. The Kier molecular flexibility index (Phi) is 3.03. The molecule has 1 unspecified atom stereocenters. The maximum Gasteiger partial charge on any atom is 0.218 e. The third-order valence-corrected chi connectivity index (χ3v) is 1.96. The van der Waals surface area contributed by atoms with Gasteiger partial charge in [-0.05, 0) is 38.8 Å². The number of hydrogen-bond acceptors (Lipinski definition) is 3. The first-order chi connectivity index (χ1) is 5.09. The highest BCUT2D eigenvalue weighted by Gasteiger charge is 2.06. The van der Waals surface area contributed by atoms with Gasteiger partial charge >= 0.3 is 0 Å². The van der Waals surface area contributed by atoms with Crippen LogP contribution in [0.5, 0.6) is 0 Å². The Balaban J connectivity index is 2.77. The van der Waals surface area contributed by atoms with Crippen LogP contribution in [0.1, 0.15) is 6.92 Å². The van der Waals surface area contributed by atoms with E-state index in [0.717, 1.165) is 0 Å². The largest absolute Gasteiger partial charge is 0.391 e. The third-order valence-electron chi connectivity index (χ3n) is 1.04. The van der Waals surface area contributed by atoms with Crippen molar-refractivity contribution < 1.29 is 5.11 Å². The monoisotopic (exact) mass is 283 g/mol. The molecule has 4 nitrogen and oxygen atoms in total. The number of hydrogen-bond donors (Lipinski definition) is 1. The van der Waals surface area contributed by atoms with E-state index in [4.69, 9.17) is 5.11 Å². The third kappa shape index (κ3) is 2.53. The summed E-state index contributed by atoms with van der Waals surface area (Å²) in [5.74, 6) is 0. The first-order valence-corrected chi connectivity index (χ1v) is 4.62. The fourth-order valence-electron chi connectivity index (χ4n) is 0.664. The molecule has 1 atom stereocenters. The summed E-state index contributed by atoms with van der Waals surface area (Å²) in [6.07, 6.45) is -0.417. The van der Waals surface area contributed by atoms with E-state index in [1.54, 1.807) is 11.6 Å². The minimum atomic E-state index is -0.417. The van der Waals surface area contributed by atoms with E-state index in [1.807, 2.05) is 0 Å². The van der Waals surface area contributed by atoms with Gasteiger partial charge < -0.3 is 5.11 Å². The summed E-state index contributed by atoms with van der Waals surface area (Å²) in [4.78, 5) is 3.94. The number of aliphatic hydroxyl groups is 1. The first kappa shape index (κ1) is 9.15. The quantitative estimate of drug-likeness (QED) is 0.887. The van der Waals surface area contributed by atoms with Crippen LogP contribution < -0.4 is 0 Å². The molecule has 0 aliphatic heterocycles. The predicted molar refractivity (Wildman–Crippen MR) is 47.1 cm³/mol. The maximum absolute atomic E-state index is 9.01. The lowest BCUT2D eigenvalue weighted by atomic mass is 10.4. The Morgan fingerprint density at radius 2 is 2.27 bits per heavy atom. The fraction of sp³-hybridized carbons (Fsp3) is 0.600. The molecule has 0 saturated carbocycles. The highest BCUT2D eigenvalue weighted by Crippen LogP contribution is 2.11. The molecule has 0 bridgehead atoms. The normalized spacial score (nSPS) is 13.5. The van der Waals surface area contributed by atoms with Gasteiger partial charge in [-0.3, -0.25) is 0 Å². The topological polar surface area (TPSA) is 50.9 Å². The van der Waals surface area contributed by atoms with Crippen molar-refractivity contribution in [2.24, 2.45) is 0 Å². The molecule has 0 radical (unpaired) electrons. The molecule has 0 amide bonds. The number of nitrogens with zero attached hydrogens (tertiary/aromatic N) is 3.